The Morgan fingerprint density at radius 2 is 1.72 bits per heavy atom. The summed E-state index contributed by atoms with van der Waals surface area (Å²) in [6.45, 7) is 0.909. The highest BCUT2D eigenvalue weighted by Gasteiger charge is 2.49. The standard InChI is InChI=1S/C23H18F3N3O3/c1-22(16-10-9-14-5-2-3-6-15(14)11-16)20(31)29(21(32)28-22)13-19(30)27-18-8-4-7-17(12-18)23(24,25)26/h2-12H,13H2,1H3,(H,27,30)(H,28,32)/t22-/m0/s1. The van der Waals surface area contributed by atoms with Crippen molar-refractivity contribution in [1.82, 2.24) is 10.2 Å². The normalized spacial score (nSPS) is 18.7. The second-order valence-electron chi connectivity index (χ2n) is 7.64. The molecule has 4 rings (SSSR count). The van der Waals surface area contributed by atoms with Crippen LogP contribution >= 0.6 is 0 Å². The van der Waals surface area contributed by atoms with Crippen molar-refractivity contribution in [3.05, 3.63) is 77.9 Å². The number of imide groups is 1. The van der Waals surface area contributed by atoms with Gasteiger partial charge in [-0.15, -0.1) is 0 Å². The molecule has 0 unspecified atom stereocenters. The summed E-state index contributed by atoms with van der Waals surface area (Å²) in [5.74, 6) is -1.42. The molecule has 0 aliphatic carbocycles. The van der Waals surface area contributed by atoms with Gasteiger partial charge in [0.1, 0.15) is 12.1 Å². The van der Waals surface area contributed by atoms with Gasteiger partial charge in [-0.3, -0.25) is 14.5 Å². The molecule has 3 aromatic rings. The molecule has 1 fully saturated rings. The fraction of sp³-hybridized carbons (Fsp3) is 0.174. The number of nitrogens with one attached hydrogen (secondary N) is 2. The van der Waals surface area contributed by atoms with E-state index in [-0.39, 0.29) is 5.69 Å². The van der Waals surface area contributed by atoms with Crippen LogP contribution in [0, 0.1) is 0 Å². The van der Waals surface area contributed by atoms with Crippen LogP contribution in [0.2, 0.25) is 0 Å². The Morgan fingerprint density at radius 3 is 2.44 bits per heavy atom. The molecule has 32 heavy (non-hydrogen) atoms. The van der Waals surface area contributed by atoms with Gasteiger partial charge < -0.3 is 10.6 Å². The maximum absolute atomic E-state index is 13.1. The van der Waals surface area contributed by atoms with E-state index in [0.29, 0.717) is 5.56 Å². The summed E-state index contributed by atoms with van der Waals surface area (Å²) in [5, 5.41) is 6.77. The SMILES string of the molecule is C[C@@]1(c2ccc3ccccc3c2)NC(=O)N(CC(=O)Nc2cccc(C(F)(F)F)c2)C1=O. The molecule has 9 heteroatoms. The monoisotopic (exact) mass is 441 g/mol. The summed E-state index contributed by atoms with van der Waals surface area (Å²) in [4.78, 5) is 38.7. The Balaban J connectivity index is 1.52. The third-order valence-corrected chi connectivity index (χ3v) is 5.38. The third kappa shape index (κ3) is 3.89. The van der Waals surface area contributed by atoms with Gasteiger partial charge in [0.15, 0.2) is 0 Å². The first-order valence-corrected chi connectivity index (χ1v) is 9.68. The summed E-state index contributed by atoms with van der Waals surface area (Å²) in [6.07, 6.45) is -4.56. The first kappa shape index (κ1) is 21.4. The minimum absolute atomic E-state index is 0.0887. The van der Waals surface area contributed by atoms with E-state index in [9.17, 15) is 27.6 Å². The Kier molecular flexibility index (Phi) is 5.12. The molecule has 164 valence electrons. The van der Waals surface area contributed by atoms with Crippen LogP contribution < -0.4 is 10.6 Å². The van der Waals surface area contributed by atoms with Crippen molar-refractivity contribution in [1.29, 1.82) is 0 Å². The van der Waals surface area contributed by atoms with Gasteiger partial charge in [0.05, 0.1) is 5.56 Å². The number of fused-ring (bicyclic) bond motifs is 1. The number of carbonyl (C=O) groups excluding carboxylic acids is 3. The number of rotatable bonds is 4. The van der Waals surface area contributed by atoms with Crippen molar-refractivity contribution in [3.8, 4) is 0 Å². The summed E-state index contributed by atoms with van der Waals surface area (Å²) < 4.78 is 38.6. The fourth-order valence-electron chi connectivity index (χ4n) is 3.65. The van der Waals surface area contributed by atoms with Crippen molar-refractivity contribution in [3.63, 3.8) is 0 Å². The molecule has 1 heterocycles. The van der Waals surface area contributed by atoms with Gasteiger partial charge in [-0.05, 0) is 47.5 Å². The second-order valence-corrected chi connectivity index (χ2v) is 7.64. The summed E-state index contributed by atoms with van der Waals surface area (Å²) in [5.41, 5.74) is -1.84. The average Bonchev–Trinajstić information content (AvgIpc) is 2.97. The van der Waals surface area contributed by atoms with Gasteiger partial charge in [0.25, 0.3) is 5.91 Å². The minimum atomic E-state index is -4.56. The Morgan fingerprint density at radius 1 is 1.00 bits per heavy atom. The van der Waals surface area contributed by atoms with Crippen LogP contribution in [0.3, 0.4) is 0 Å². The molecule has 6 nitrogen and oxygen atoms in total. The summed E-state index contributed by atoms with van der Waals surface area (Å²) in [7, 11) is 0. The van der Waals surface area contributed by atoms with Crippen LogP contribution in [0.25, 0.3) is 10.8 Å². The van der Waals surface area contributed by atoms with E-state index in [0.717, 1.165) is 33.9 Å². The van der Waals surface area contributed by atoms with E-state index in [1.54, 1.807) is 19.1 Å². The zero-order valence-electron chi connectivity index (χ0n) is 16.9. The molecule has 4 amide bonds. The number of carbonyl (C=O) groups is 3. The van der Waals surface area contributed by atoms with E-state index < -0.39 is 41.7 Å². The molecule has 3 aromatic carbocycles. The molecule has 1 atom stereocenters. The highest BCUT2D eigenvalue weighted by molar-refractivity contribution is 6.10. The average molecular weight is 441 g/mol. The molecule has 1 saturated heterocycles. The highest BCUT2D eigenvalue weighted by Crippen LogP contribution is 2.32. The van der Waals surface area contributed by atoms with Crippen molar-refractivity contribution in [2.75, 3.05) is 11.9 Å². The number of alkyl halides is 3. The Hall–Kier alpha value is -3.88. The Bertz CT molecular complexity index is 1240. The molecule has 0 aromatic heterocycles. The number of hydrogen-bond acceptors (Lipinski definition) is 3. The summed E-state index contributed by atoms with van der Waals surface area (Å²) in [6, 6.07) is 16.2. The number of anilines is 1. The van der Waals surface area contributed by atoms with Crippen LogP contribution in [0.15, 0.2) is 66.7 Å². The molecule has 2 N–H and O–H groups in total. The Labute approximate surface area is 181 Å². The third-order valence-electron chi connectivity index (χ3n) is 5.38. The van der Waals surface area contributed by atoms with E-state index >= 15 is 0 Å². The van der Waals surface area contributed by atoms with Crippen LogP contribution in [0.4, 0.5) is 23.7 Å². The molecule has 0 saturated carbocycles. The zero-order valence-corrected chi connectivity index (χ0v) is 16.9. The lowest BCUT2D eigenvalue weighted by molar-refractivity contribution is -0.137. The van der Waals surface area contributed by atoms with Crippen molar-refractivity contribution in [2.24, 2.45) is 0 Å². The van der Waals surface area contributed by atoms with E-state index in [2.05, 4.69) is 10.6 Å². The lowest BCUT2D eigenvalue weighted by Gasteiger charge is -2.22. The van der Waals surface area contributed by atoms with Gasteiger partial charge in [0.2, 0.25) is 5.91 Å². The van der Waals surface area contributed by atoms with Gasteiger partial charge in [-0.25, -0.2) is 4.79 Å². The molecule has 0 bridgehead atoms. The van der Waals surface area contributed by atoms with Gasteiger partial charge in [-0.2, -0.15) is 13.2 Å². The molecular formula is C23H18F3N3O3. The molecule has 1 aliphatic heterocycles. The molecular weight excluding hydrogens is 423 g/mol. The van der Waals surface area contributed by atoms with Gasteiger partial charge >= 0.3 is 12.2 Å². The lowest BCUT2D eigenvalue weighted by Crippen LogP contribution is -2.42. The number of urea groups is 1. The van der Waals surface area contributed by atoms with E-state index in [1.807, 2.05) is 30.3 Å². The van der Waals surface area contributed by atoms with Crippen LogP contribution in [-0.4, -0.2) is 29.3 Å². The van der Waals surface area contributed by atoms with Gasteiger partial charge in [-0.1, -0.05) is 42.5 Å². The van der Waals surface area contributed by atoms with Gasteiger partial charge in [0, 0.05) is 5.69 Å². The number of nitrogens with zero attached hydrogens (tertiary/aromatic N) is 1. The highest BCUT2D eigenvalue weighted by atomic mass is 19.4. The van der Waals surface area contributed by atoms with Crippen LogP contribution in [-0.2, 0) is 21.3 Å². The predicted molar refractivity (Wildman–Crippen MR) is 112 cm³/mol. The first-order valence-electron chi connectivity index (χ1n) is 9.68. The van der Waals surface area contributed by atoms with E-state index in [4.69, 9.17) is 0 Å². The number of halogens is 3. The predicted octanol–water partition coefficient (Wildman–Crippen LogP) is 4.26. The number of hydrogen-bond donors (Lipinski definition) is 2. The minimum Gasteiger partial charge on any atom is -0.325 e. The number of benzene rings is 3. The van der Waals surface area contributed by atoms with E-state index in [1.165, 1.54) is 6.07 Å². The van der Waals surface area contributed by atoms with Crippen molar-refractivity contribution >= 4 is 34.3 Å². The topological polar surface area (TPSA) is 78.5 Å². The zero-order chi connectivity index (χ0) is 23.1. The summed E-state index contributed by atoms with van der Waals surface area (Å²) >= 11 is 0. The van der Waals surface area contributed by atoms with Crippen molar-refractivity contribution < 1.29 is 27.6 Å². The molecule has 0 radical (unpaired) electrons. The lowest BCUT2D eigenvalue weighted by atomic mass is 9.90. The maximum Gasteiger partial charge on any atom is 0.416 e. The van der Waals surface area contributed by atoms with Crippen LogP contribution in [0.5, 0.6) is 0 Å². The maximum atomic E-state index is 13.1. The smallest absolute Gasteiger partial charge is 0.325 e. The second kappa shape index (κ2) is 7.67. The quantitative estimate of drug-likeness (QED) is 0.594. The van der Waals surface area contributed by atoms with Crippen LogP contribution in [0.1, 0.15) is 18.1 Å². The fourth-order valence-corrected chi connectivity index (χ4v) is 3.65. The number of amides is 4. The largest absolute Gasteiger partial charge is 0.416 e. The molecule has 1 aliphatic rings. The molecule has 0 spiro atoms. The van der Waals surface area contributed by atoms with Crippen molar-refractivity contribution in [2.45, 2.75) is 18.6 Å². The first-order chi connectivity index (χ1) is 15.1.